The number of nitrogens with zero attached hydrogens (tertiary/aromatic N) is 2. The Morgan fingerprint density at radius 3 is 2.58 bits per heavy atom. The van der Waals surface area contributed by atoms with Gasteiger partial charge in [-0.15, -0.1) is 0 Å². The fraction of sp³-hybridized carbons (Fsp3) is 0.438. The molecule has 2 unspecified atom stereocenters. The number of halogens is 1. The Kier molecular flexibility index (Phi) is 2.76. The van der Waals surface area contributed by atoms with E-state index in [2.05, 4.69) is 56.1 Å². The number of anilines is 1. The molecule has 2 aliphatic heterocycles. The van der Waals surface area contributed by atoms with Crippen LogP contribution in [0, 0.1) is 0 Å². The van der Waals surface area contributed by atoms with Gasteiger partial charge in [0.15, 0.2) is 0 Å². The normalized spacial score (nSPS) is 29.9. The van der Waals surface area contributed by atoms with Gasteiger partial charge in [0.1, 0.15) is 0 Å². The van der Waals surface area contributed by atoms with Gasteiger partial charge in [0, 0.05) is 34.2 Å². The molecule has 19 heavy (non-hydrogen) atoms. The van der Waals surface area contributed by atoms with Gasteiger partial charge in [-0.3, -0.25) is 4.98 Å². The van der Waals surface area contributed by atoms with Crippen LogP contribution < -0.4 is 4.90 Å². The van der Waals surface area contributed by atoms with Crippen molar-refractivity contribution in [2.75, 3.05) is 4.90 Å². The molecule has 2 fully saturated rings. The van der Waals surface area contributed by atoms with Crippen LogP contribution in [0.4, 0.5) is 5.69 Å². The minimum atomic E-state index is 0.703. The number of hydrogen-bond acceptors (Lipinski definition) is 2. The minimum Gasteiger partial charge on any atom is -0.365 e. The maximum atomic E-state index is 4.49. The molecule has 1 aromatic carbocycles. The minimum absolute atomic E-state index is 0.703. The Labute approximate surface area is 122 Å². The third-order valence-electron chi connectivity index (χ3n) is 4.58. The summed E-state index contributed by atoms with van der Waals surface area (Å²) >= 11 is 3.82. The topological polar surface area (TPSA) is 16.1 Å². The van der Waals surface area contributed by atoms with Crippen LogP contribution in [0.2, 0.25) is 0 Å². The van der Waals surface area contributed by atoms with Crippen molar-refractivity contribution < 1.29 is 0 Å². The van der Waals surface area contributed by atoms with Crippen molar-refractivity contribution in [1.29, 1.82) is 0 Å². The molecule has 2 atom stereocenters. The molecule has 2 aliphatic rings. The van der Waals surface area contributed by atoms with E-state index in [0.29, 0.717) is 16.9 Å². The smallest absolute Gasteiger partial charge is 0.0722 e. The quantitative estimate of drug-likeness (QED) is 0.735. The van der Waals surface area contributed by atoms with Gasteiger partial charge in [-0.1, -0.05) is 34.1 Å². The summed E-state index contributed by atoms with van der Waals surface area (Å²) in [6.45, 7) is 0. The van der Waals surface area contributed by atoms with Crippen LogP contribution in [0.15, 0.2) is 36.5 Å². The second-order valence-electron chi connectivity index (χ2n) is 5.71. The first-order valence-electron chi connectivity index (χ1n) is 7.09. The SMILES string of the molecule is BrC1CC2CCC(C1)N2c1ccnc2ccccc12. The molecule has 0 N–H and O–H groups in total. The van der Waals surface area contributed by atoms with Crippen molar-refractivity contribution in [2.45, 2.75) is 42.6 Å². The van der Waals surface area contributed by atoms with Gasteiger partial charge in [0.2, 0.25) is 0 Å². The number of alkyl halides is 1. The fourth-order valence-corrected chi connectivity index (χ4v) is 4.67. The molecule has 2 bridgehead atoms. The Morgan fingerprint density at radius 2 is 1.79 bits per heavy atom. The van der Waals surface area contributed by atoms with E-state index in [1.807, 2.05) is 6.20 Å². The summed E-state index contributed by atoms with van der Waals surface area (Å²) in [5.41, 5.74) is 2.50. The average Bonchev–Trinajstić information content (AvgIpc) is 2.70. The Hall–Kier alpha value is -1.09. The van der Waals surface area contributed by atoms with Gasteiger partial charge in [-0.25, -0.2) is 0 Å². The lowest BCUT2D eigenvalue weighted by Crippen LogP contribution is -2.43. The van der Waals surface area contributed by atoms with E-state index < -0.39 is 0 Å². The molecule has 3 heteroatoms. The Balaban J connectivity index is 1.83. The van der Waals surface area contributed by atoms with E-state index in [1.54, 1.807) is 0 Å². The van der Waals surface area contributed by atoms with E-state index in [-0.39, 0.29) is 0 Å². The average molecular weight is 317 g/mol. The van der Waals surface area contributed by atoms with Crippen molar-refractivity contribution in [3.63, 3.8) is 0 Å². The van der Waals surface area contributed by atoms with Gasteiger partial charge in [0.05, 0.1) is 5.52 Å². The molecular weight excluding hydrogens is 300 g/mol. The van der Waals surface area contributed by atoms with Crippen LogP contribution >= 0.6 is 15.9 Å². The van der Waals surface area contributed by atoms with E-state index in [0.717, 1.165) is 5.52 Å². The fourth-order valence-electron chi connectivity index (χ4n) is 3.81. The predicted molar refractivity (Wildman–Crippen MR) is 83.0 cm³/mol. The van der Waals surface area contributed by atoms with Gasteiger partial charge < -0.3 is 4.90 Å². The number of pyridine rings is 1. The molecule has 3 heterocycles. The maximum absolute atomic E-state index is 4.49. The second-order valence-corrected chi connectivity index (χ2v) is 7.00. The summed E-state index contributed by atoms with van der Waals surface area (Å²) in [7, 11) is 0. The highest BCUT2D eigenvalue weighted by molar-refractivity contribution is 9.09. The van der Waals surface area contributed by atoms with E-state index in [9.17, 15) is 0 Å². The van der Waals surface area contributed by atoms with Crippen LogP contribution in [-0.4, -0.2) is 21.9 Å². The third-order valence-corrected chi connectivity index (χ3v) is 5.33. The monoisotopic (exact) mass is 316 g/mol. The summed E-state index contributed by atoms with van der Waals surface area (Å²) in [6.07, 6.45) is 7.17. The van der Waals surface area contributed by atoms with Crippen molar-refractivity contribution in [1.82, 2.24) is 4.98 Å². The van der Waals surface area contributed by atoms with E-state index >= 15 is 0 Å². The molecule has 0 amide bonds. The number of hydrogen-bond donors (Lipinski definition) is 0. The van der Waals surface area contributed by atoms with Gasteiger partial charge >= 0.3 is 0 Å². The van der Waals surface area contributed by atoms with Gasteiger partial charge in [-0.05, 0) is 37.8 Å². The molecule has 1 aromatic heterocycles. The summed E-state index contributed by atoms with van der Waals surface area (Å²) < 4.78 is 0. The summed E-state index contributed by atoms with van der Waals surface area (Å²) in [6, 6.07) is 12.1. The largest absolute Gasteiger partial charge is 0.365 e. The van der Waals surface area contributed by atoms with Crippen LogP contribution in [0.25, 0.3) is 10.9 Å². The molecule has 0 aliphatic carbocycles. The predicted octanol–water partition coefficient (Wildman–Crippen LogP) is 4.13. The van der Waals surface area contributed by atoms with Crippen LogP contribution in [-0.2, 0) is 0 Å². The van der Waals surface area contributed by atoms with E-state index in [1.165, 1.54) is 36.8 Å². The van der Waals surface area contributed by atoms with Gasteiger partial charge in [0.25, 0.3) is 0 Å². The lowest BCUT2D eigenvalue weighted by atomic mass is 10.0. The van der Waals surface area contributed by atoms with Crippen LogP contribution in [0.1, 0.15) is 25.7 Å². The summed E-state index contributed by atoms with van der Waals surface area (Å²) in [5, 5.41) is 1.30. The third kappa shape index (κ3) is 1.86. The van der Waals surface area contributed by atoms with Crippen molar-refractivity contribution in [2.24, 2.45) is 0 Å². The molecule has 98 valence electrons. The molecule has 4 rings (SSSR count). The number of para-hydroxylation sites is 1. The standard InChI is InChI=1S/C16H17BrN2/c17-11-9-12-5-6-13(10-11)19(12)16-7-8-18-15-4-2-1-3-14(15)16/h1-4,7-8,11-13H,5-6,9-10H2. The number of aromatic nitrogens is 1. The molecule has 0 spiro atoms. The Bertz CT molecular complexity index is 593. The highest BCUT2D eigenvalue weighted by atomic mass is 79.9. The van der Waals surface area contributed by atoms with Crippen LogP contribution in [0.3, 0.4) is 0 Å². The summed E-state index contributed by atoms with van der Waals surface area (Å²) in [5.74, 6) is 0. The highest BCUT2D eigenvalue weighted by Gasteiger charge is 2.40. The second kappa shape index (κ2) is 4.48. The zero-order valence-corrected chi connectivity index (χ0v) is 12.4. The first kappa shape index (κ1) is 11.7. The molecule has 2 aromatic rings. The highest BCUT2D eigenvalue weighted by Crippen LogP contribution is 2.43. The van der Waals surface area contributed by atoms with Crippen molar-refractivity contribution >= 4 is 32.5 Å². The van der Waals surface area contributed by atoms with Gasteiger partial charge in [-0.2, -0.15) is 0 Å². The molecule has 2 nitrogen and oxygen atoms in total. The number of piperidine rings is 1. The molecule has 2 saturated heterocycles. The zero-order valence-electron chi connectivity index (χ0n) is 10.8. The number of rotatable bonds is 1. The lowest BCUT2D eigenvalue weighted by molar-refractivity contribution is 0.484. The molecular formula is C16H17BrN2. The molecule has 0 saturated carbocycles. The van der Waals surface area contributed by atoms with E-state index in [4.69, 9.17) is 0 Å². The van der Waals surface area contributed by atoms with Crippen molar-refractivity contribution in [3.8, 4) is 0 Å². The summed E-state index contributed by atoms with van der Waals surface area (Å²) in [4.78, 5) is 7.86. The van der Waals surface area contributed by atoms with Crippen LogP contribution in [0.5, 0.6) is 0 Å². The maximum Gasteiger partial charge on any atom is 0.0722 e. The first-order chi connectivity index (χ1) is 9.33. The number of fused-ring (bicyclic) bond motifs is 3. The number of benzene rings is 1. The Morgan fingerprint density at radius 1 is 1.05 bits per heavy atom. The molecule has 0 radical (unpaired) electrons. The lowest BCUT2D eigenvalue weighted by Gasteiger charge is -2.39. The zero-order chi connectivity index (χ0) is 12.8. The first-order valence-corrected chi connectivity index (χ1v) is 8.00. The van der Waals surface area contributed by atoms with Crippen molar-refractivity contribution in [3.05, 3.63) is 36.5 Å².